The van der Waals surface area contributed by atoms with Crippen LogP contribution in [-0.4, -0.2) is 32.6 Å². The fourth-order valence-corrected chi connectivity index (χ4v) is 2.35. The Morgan fingerprint density at radius 3 is 2.74 bits per heavy atom. The minimum Gasteiger partial charge on any atom is -0.448 e. The molecule has 0 unspecified atom stereocenters. The smallest absolute Gasteiger partial charge is 0.404 e. The summed E-state index contributed by atoms with van der Waals surface area (Å²) in [7, 11) is -3.80. The van der Waals surface area contributed by atoms with Gasteiger partial charge >= 0.3 is 6.09 Å². The SMILES string of the molecule is NNc1ncc(S(=O)(=O)NCCOC(N)=O)cc1Cl. The molecule has 0 atom stereocenters. The van der Waals surface area contributed by atoms with Crippen LogP contribution in [0.5, 0.6) is 0 Å². The fraction of sp³-hybridized carbons (Fsp3) is 0.250. The predicted octanol–water partition coefficient (Wildman–Crippen LogP) is -0.606. The zero-order valence-corrected chi connectivity index (χ0v) is 11.2. The van der Waals surface area contributed by atoms with E-state index in [1.165, 1.54) is 6.07 Å². The van der Waals surface area contributed by atoms with Gasteiger partial charge < -0.3 is 15.9 Å². The summed E-state index contributed by atoms with van der Waals surface area (Å²) < 4.78 is 30.2. The van der Waals surface area contributed by atoms with Crippen molar-refractivity contribution in [1.29, 1.82) is 0 Å². The third kappa shape index (κ3) is 4.52. The lowest BCUT2D eigenvalue weighted by atomic mass is 10.5. The summed E-state index contributed by atoms with van der Waals surface area (Å²) in [5.74, 6) is 5.26. The van der Waals surface area contributed by atoms with Crippen LogP contribution in [0.2, 0.25) is 5.02 Å². The summed E-state index contributed by atoms with van der Waals surface area (Å²) in [5, 5.41) is 0.0544. The molecule has 1 aromatic rings. The molecular weight excluding hydrogens is 298 g/mol. The molecule has 1 heterocycles. The second-order valence-corrected chi connectivity index (χ2v) is 5.39. The van der Waals surface area contributed by atoms with Gasteiger partial charge in [-0.1, -0.05) is 11.6 Å². The van der Waals surface area contributed by atoms with E-state index in [2.05, 4.69) is 19.9 Å². The average Bonchev–Trinajstić information content (AvgIpc) is 2.34. The van der Waals surface area contributed by atoms with E-state index in [1.54, 1.807) is 0 Å². The van der Waals surface area contributed by atoms with Crippen molar-refractivity contribution in [3.63, 3.8) is 0 Å². The highest BCUT2D eigenvalue weighted by molar-refractivity contribution is 7.89. The van der Waals surface area contributed by atoms with Crippen molar-refractivity contribution < 1.29 is 17.9 Å². The molecule has 0 saturated carbocycles. The van der Waals surface area contributed by atoms with Gasteiger partial charge in [-0.3, -0.25) is 0 Å². The quantitative estimate of drug-likeness (QED) is 0.311. The van der Waals surface area contributed by atoms with Crippen LogP contribution in [0.15, 0.2) is 17.2 Å². The Kier molecular flexibility index (Phi) is 5.30. The second kappa shape index (κ2) is 6.52. The molecule has 19 heavy (non-hydrogen) atoms. The molecule has 0 aliphatic heterocycles. The maximum Gasteiger partial charge on any atom is 0.404 e. The van der Waals surface area contributed by atoms with Crippen molar-refractivity contribution in [3.8, 4) is 0 Å². The van der Waals surface area contributed by atoms with Crippen LogP contribution in [0.4, 0.5) is 10.6 Å². The summed E-state index contributed by atoms with van der Waals surface area (Å²) in [5.41, 5.74) is 6.93. The summed E-state index contributed by atoms with van der Waals surface area (Å²) in [6.07, 6.45) is 0.0977. The highest BCUT2D eigenvalue weighted by atomic mass is 35.5. The van der Waals surface area contributed by atoms with Crippen molar-refractivity contribution in [3.05, 3.63) is 17.3 Å². The highest BCUT2D eigenvalue weighted by Gasteiger charge is 2.16. The monoisotopic (exact) mass is 309 g/mol. The first-order valence-electron chi connectivity index (χ1n) is 4.91. The fourth-order valence-electron chi connectivity index (χ4n) is 1.08. The first-order valence-corrected chi connectivity index (χ1v) is 6.77. The van der Waals surface area contributed by atoms with Gasteiger partial charge in [-0.05, 0) is 6.07 Å². The van der Waals surface area contributed by atoms with Crippen LogP contribution < -0.4 is 21.7 Å². The Morgan fingerprint density at radius 2 is 2.21 bits per heavy atom. The molecule has 0 aromatic carbocycles. The highest BCUT2D eigenvalue weighted by Crippen LogP contribution is 2.21. The number of nitrogens with zero attached hydrogens (tertiary/aromatic N) is 1. The lowest BCUT2D eigenvalue weighted by molar-refractivity contribution is 0.159. The molecule has 0 spiro atoms. The Morgan fingerprint density at radius 1 is 1.53 bits per heavy atom. The number of carbonyl (C=O) groups is 1. The number of aromatic nitrogens is 1. The van der Waals surface area contributed by atoms with Crippen LogP contribution in [0.1, 0.15) is 0 Å². The molecule has 0 fully saturated rings. The second-order valence-electron chi connectivity index (χ2n) is 3.21. The Hall–Kier alpha value is -1.62. The van der Waals surface area contributed by atoms with E-state index in [4.69, 9.17) is 23.2 Å². The minimum atomic E-state index is -3.80. The van der Waals surface area contributed by atoms with Crippen LogP contribution in [0, 0.1) is 0 Å². The van der Waals surface area contributed by atoms with E-state index in [-0.39, 0.29) is 28.9 Å². The number of rotatable bonds is 6. The molecule has 1 aromatic heterocycles. The number of pyridine rings is 1. The zero-order valence-electron chi connectivity index (χ0n) is 9.59. The van der Waals surface area contributed by atoms with Gasteiger partial charge in [0.25, 0.3) is 0 Å². The summed E-state index contributed by atoms with van der Waals surface area (Å²) in [4.78, 5) is 13.9. The zero-order chi connectivity index (χ0) is 14.5. The number of halogens is 1. The van der Waals surface area contributed by atoms with E-state index in [0.717, 1.165) is 6.20 Å². The van der Waals surface area contributed by atoms with Gasteiger partial charge in [0.05, 0.1) is 5.02 Å². The average molecular weight is 310 g/mol. The maximum absolute atomic E-state index is 11.8. The molecule has 11 heteroatoms. The maximum atomic E-state index is 11.8. The summed E-state index contributed by atoms with van der Waals surface area (Å²) >= 11 is 5.76. The van der Waals surface area contributed by atoms with E-state index in [1.807, 2.05) is 0 Å². The van der Waals surface area contributed by atoms with Crippen LogP contribution >= 0.6 is 11.6 Å². The first-order chi connectivity index (χ1) is 8.86. The van der Waals surface area contributed by atoms with E-state index >= 15 is 0 Å². The Balaban J connectivity index is 2.72. The summed E-state index contributed by atoms with van der Waals surface area (Å²) in [6.45, 7) is -0.308. The lowest BCUT2D eigenvalue weighted by Gasteiger charge is -2.08. The minimum absolute atomic E-state index is 0.0544. The standard InChI is InChI=1S/C8H12ClN5O4S/c9-6-3-5(4-12-7(6)14-11)19(16,17)13-1-2-18-8(10)15/h3-4,13H,1-2,11H2,(H2,10,15)(H,12,14). The molecule has 0 saturated heterocycles. The number of nitrogens with one attached hydrogen (secondary N) is 2. The number of carbonyl (C=O) groups excluding carboxylic acids is 1. The largest absolute Gasteiger partial charge is 0.448 e. The molecule has 1 rings (SSSR count). The van der Waals surface area contributed by atoms with E-state index < -0.39 is 16.1 Å². The van der Waals surface area contributed by atoms with Gasteiger partial charge in [0, 0.05) is 12.7 Å². The van der Waals surface area contributed by atoms with Crippen LogP contribution in [0.3, 0.4) is 0 Å². The van der Waals surface area contributed by atoms with Crippen LogP contribution in [0.25, 0.3) is 0 Å². The normalized spacial score (nSPS) is 11.1. The number of ether oxygens (including phenoxy) is 1. The molecule has 0 aliphatic carbocycles. The first kappa shape index (κ1) is 15.4. The van der Waals surface area contributed by atoms with Crippen LogP contribution in [-0.2, 0) is 14.8 Å². The molecule has 9 nitrogen and oxygen atoms in total. The van der Waals surface area contributed by atoms with E-state index in [9.17, 15) is 13.2 Å². The molecule has 1 amide bonds. The van der Waals surface area contributed by atoms with Gasteiger partial charge in [-0.15, -0.1) is 0 Å². The van der Waals surface area contributed by atoms with E-state index in [0.29, 0.717) is 0 Å². The number of nitrogen functional groups attached to an aromatic ring is 1. The number of hydrazine groups is 1. The summed E-state index contributed by atoms with van der Waals surface area (Å²) in [6, 6.07) is 1.18. The molecule has 0 bridgehead atoms. The van der Waals surface area contributed by atoms with Crippen molar-refractivity contribution in [2.45, 2.75) is 4.90 Å². The molecule has 106 valence electrons. The number of hydrogen-bond donors (Lipinski definition) is 4. The van der Waals surface area contributed by atoms with Gasteiger partial charge in [0.1, 0.15) is 11.5 Å². The number of amides is 1. The van der Waals surface area contributed by atoms with Crippen molar-refractivity contribution in [1.82, 2.24) is 9.71 Å². The lowest BCUT2D eigenvalue weighted by Crippen LogP contribution is -2.29. The number of anilines is 1. The predicted molar refractivity (Wildman–Crippen MR) is 67.8 cm³/mol. The van der Waals surface area contributed by atoms with Crippen molar-refractivity contribution in [2.75, 3.05) is 18.6 Å². The molecule has 0 radical (unpaired) electrons. The van der Waals surface area contributed by atoms with Gasteiger partial charge in [0.2, 0.25) is 10.0 Å². The molecular formula is C8H12ClN5O4S. The Bertz CT molecular complexity index is 564. The molecule has 0 aliphatic rings. The topological polar surface area (TPSA) is 149 Å². The Labute approximate surface area is 114 Å². The third-order valence-corrected chi connectivity index (χ3v) is 3.62. The van der Waals surface area contributed by atoms with Gasteiger partial charge in [-0.25, -0.2) is 28.8 Å². The van der Waals surface area contributed by atoms with Gasteiger partial charge in [0.15, 0.2) is 5.82 Å². The number of nitrogens with two attached hydrogens (primary N) is 2. The van der Waals surface area contributed by atoms with Crippen molar-refractivity contribution >= 4 is 33.5 Å². The van der Waals surface area contributed by atoms with Gasteiger partial charge in [-0.2, -0.15) is 0 Å². The number of hydrogen-bond acceptors (Lipinski definition) is 7. The third-order valence-electron chi connectivity index (χ3n) is 1.90. The number of sulfonamides is 1. The van der Waals surface area contributed by atoms with Crippen molar-refractivity contribution in [2.24, 2.45) is 11.6 Å². The number of primary amides is 1. The molecule has 6 N–H and O–H groups in total.